The van der Waals surface area contributed by atoms with Gasteiger partial charge in [-0.15, -0.1) is 0 Å². The first-order chi connectivity index (χ1) is 5.57. The maximum absolute atomic E-state index is 9.23. The predicted octanol–water partition coefficient (Wildman–Crippen LogP) is -2.28. The van der Waals surface area contributed by atoms with Gasteiger partial charge in [-0.1, -0.05) is 0 Å². The van der Waals surface area contributed by atoms with E-state index in [0.717, 1.165) is 0 Å². The number of hydrogen-bond acceptors (Lipinski definition) is 6. The molecule has 0 aliphatic carbocycles. The lowest BCUT2D eigenvalue weighted by Crippen LogP contribution is -2.57. The van der Waals surface area contributed by atoms with Crippen molar-refractivity contribution in [3.05, 3.63) is 0 Å². The summed E-state index contributed by atoms with van der Waals surface area (Å²) in [6.45, 7) is 0. The van der Waals surface area contributed by atoms with Gasteiger partial charge in [0.1, 0.15) is 18.3 Å². The zero-order valence-electron chi connectivity index (χ0n) is 6.24. The van der Waals surface area contributed by atoms with E-state index in [1.54, 1.807) is 0 Å². The Morgan fingerprint density at radius 1 is 1.00 bits per heavy atom. The topological polar surface area (TPSA) is 90.2 Å². The summed E-state index contributed by atoms with van der Waals surface area (Å²) in [5.41, 5.74) is 0. The van der Waals surface area contributed by atoms with E-state index in [1.807, 2.05) is 0 Å². The van der Waals surface area contributed by atoms with Crippen molar-refractivity contribution in [1.29, 1.82) is 0 Å². The van der Waals surface area contributed by atoms with E-state index < -0.39 is 30.7 Å². The Bertz CT molecular complexity index is 150. The molecule has 4 N–H and O–H groups in total. The number of rotatable bonds is 1. The van der Waals surface area contributed by atoms with Crippen molar-refractivity contribution in [3.8, 4) is 0 Å². The molecule has 0 radical (unpaired) electrons. The molecule has 0 aromatic heterocycles. The minimum absolute atomic E-state index is 0.169. The second kappa shape index (κ2) is 3.91. The van der Waals surface area contributed by atoms with Crippen molar-refractivity contribution in [2.75, 3.05) is 5.75 Å². The van der Waals surface area contributed by atoms with Crippen molar-refractivity contribution >= 4 is 12.6 Å². The first-order valence-corrected chi connectivity index (χ1v) is 4.19. The molecule has 12 heavy (non-hydrogen) atoms. The SMILES string of the molecule is OC1[C@@H](O)[C@@H](O)C(CS)O[C@@H]1O. The molecule has 1 aliphatic heterocycles. The van der Waals surface area contributed by atoms with Crippen LogP contribution in [0.2, 0.25) is 0 Å². The summed E-state index contributed by atoms with van der Waals surface area (Å²) in [5.74, 6) is 0.169. The minimum atomic E-state index is -1.46. The summed E-state index contributed by atoms with van der Waals surface area (Å²) in [6, 6.07) is 0. The Morgan fingerprint density at radius 2 is 1.58 bits per heavy atom. The summed E-state index contributed by atoms with van der Waals surface area (Å²) in [6.07, 6.45) is -6.26. The molecular weight excluding hydrogens is 184 g/mol. The molecule has 2 unspecified atom stereocenters. The Kier molecular flexibility index (Phi) is 3.33. The molecule has 0 saturated carbocycles. The van der Waals surface area contributed by atoms with Crippen LogP contribution in [0.4, 0.5) is 0 Å². The van der Waals surface area contributed by atoms with Crippen LogP contribution in [-0.2, 0) is 4.74 Å². The fourth-order valence-corrected chi connectivity index (χ4v) is 1.38. The van der Waals surface area contributed by atoms with Crippen LogP contribution in [0.15, 0.2) is 0 Å². The van der Waals surface area contributed by atoms with E-state index in [2.05, 4.69) is 12.6 Å². The quantitative estimate of drug-likeness (QED) is 0.305. The molecule has 0 aromatic carbocycles. The summed E-state index contributed by atoms with van der Waals surface area (Å²) in [7, 11) is 0. The smallest absolute Gasteiger partial charge is 0.183 e. The number of thiol groups is 1. The average molecular weight is 196 g/mol. The highest BCUT2D eigenvalue weighted by molar-refractivity contribution is 7.80. The molecule has 72 valence electrons. The molecule has 1 fully saturated rings. The highest BCUT2D eigenvalue weighted by atomic mass is 32.1. The third kappa shape index (κ3) is 1.73. The lowest BCUT2D eigenvalue weighted by Gasteiger charge is -2.37. The van der Waals surface area contributed by atoms with Gasteiger partial charge in [-0.2, -0.15) is 12.6 Å². The van der Waals surface area contributed by atoms with Crippen LogP contribution in [0.3, 0.4) is 0 Å². The van der Waals surface area contributed by atoms with Gasteiger partial charge in [0.25, 0.3) is 0 Å². The van der Waals surface area contributed by atoms with Crippen LogP contribution in [0.1, 0.15) is 0 Å². The van der Waals surface area contributed by atoms with E-state index in [1.165, 1.54) is 0 Å². The molecule has 6 heteroatoms. The lowest BCUT2D eigenvalue weighted by atomic mass is 10.0. The molecule has 1 saturated heterocycles. The van der Waals surface area contributed by atoms with Crippen molar-refractivity contribution in [2.24, 2.45) is 0 Å². The van der Waals surface area contributed by atoms with Gasteiger partial charge < -0.3 is 25.2 Å². The minimum Gasteiger partial charge on any atom is -0.388 e. The second-order valence-corrected chi connectivity index (χ2v) is 3.08. The van der Waals surface area contributed by atoms with E-state index in [9.17, 15) is 5.11 Å². The van der Waals surface area contributed by atoms with E-state index in [-0.39, 0.29) is 5.75 Å². The monoisotopic (exact) mass is 196 g/mol. The number of aliphatic hydroxyl groups excluding tert-OH is 4. The highest BCUT2D eigenvalue weighted by Crippen LogP contribution is 2.20. The first kappa shape index (κ1) is 10.2. The van der Waals surface area contributed by atoms with Gasteiger partial charge in [0.2, 0.25) is 0 Å². The lowest BCUT2D eigenvalue weighted by molar-refractivity contribution is -0.276. The molecule has 0 amide bonds. The molecule has 1 heterocycles. The summed E-state index contributed by atoms with van der Waals surface area (Å²) >= 11 is 3.84. The van der Waals surface area contributed by atoms with Crippen molar-refractivity contribution in [2.45, 2.75) is 30.7 Å². The summed E-state index contributed by atoms with van der Waals surface area (Å²) in [5, 5.41) is 36.4. The van der Waals surface area contributed by atoms with Gasteiger partial charge in [-0.05, 0) is 0 Å². The molecule has 1 rings (SSSR count). The Hall–Kier alpha value is 0.150. The maximum atomic E-state index is 9.23. The molecule has 0 bridgehead atoms. The largest absolute Gasteiger partial charge is 0.388 e. The van der Waals surface area contributed by atoms with Gasteiger partial charge in [-0.3, -0.25) is 0 Å². The van der Waals surface area contributed by atoms with Crippen molar-refractivity contribution < 1.29 is 25.2 Å². The van der Waals surface area contributed by atoms with Gasteiger partial charge in [0.15, 0.2) is 6.29 Å². The van der Waals surface area contributed by atoms with Crippen LogP contribution in [0, 0.1) is 0 Å². The summed E-state index contributed by atoms with van der Waals surface area (Å²) < 4.78 is 4.75. The van der Waals surface area contributed by atoms with Crippen LogP contribution < -0.4 is 0 Å². The van der Waals surface area contributed by atoms with Crippen LogP contribution in [0.25, 0.3) is 0 Å². The molecule has 5 nitrogen and oxygen atoms in total. The van der Waals surface area contributed by atoms with Gasteiger partial charge in [0, 0.05) is 5.75 Å². The zero-order valence-corrected chi connectivity index (χ0v) is 7.13. The number of hydrogen-bond donors (Lipinski definition) is 5. The number of aliphatic hydroxyl groups is 4. The second-order valence-electron chi connectivity index (χ2n) is 2.72. The van der Waals surface area contributed by atoms with Gasteiger partial charge >= 0.3 is 0 Å². The molecule has 0 spiro atoms. The predicted molar refractivity (Wildman–Crippen MR) is 42.8 cm³/mol. The standard InChI is InChI=1S/C6H12O5S/c7-3-2(1-12)11-6(10)5(9)4(3)8/h2-10,12H,1H2/t2?,3-,4-,5?,6-/m0/s1. The molecule has 5 atom stereocenters. The van der Waals surface area contributed by atoms with E-state index >= 15 is 0 Å². The average Bonchev–Trinajstić information content (AvgIpc) is 2.08. The Balaban J connectivity index is 2.63. The van der Waals surface area contributed by atoms with Gasteiger partial charge in [-0.25, -0.2) is 0 Å². The van der Waals surface area contributed by atoms with Crippen molar-refractivity contribution in [1.82, 2.24) is 0 Å². The highest BCUT2D eigenvalue weighted by Gasteiger charge is 2.42. The first-order valence-electron chi connectivity index (χ1n) is 3.56. The Morgan fingerprint density at radius 3 is 2.08 bits per heavy atom. The maximum Gasteiger partial charge on any atom is 0.183 e. The molecular formula is C6H12O5S. The fourth-order valence-electron chi connectivity index (χ4n) is 1.08. The third-order valence-electron chi connectivity index (χ3n) is 1.87. The zero-order chi connectivity index (χ0) is 9.30. The fraction of sp³-hybridized carbons (Fsp3) is 1.00. The van der Waals surface area contributed by atoms with E-state index in [0.29, 0.717) is 0 Å². The number of ether oxygens (including phenoxy) is 1. The molecule has 1 aliphatic rings. The van der Waals surface area contributed by atoms with Gasteiger partial charge in [0.05, 0.1) is 6.10 Å². The van der Waals surface area contributed by atoms with E-state index in [4.69, 9.17) is 20.1 Å². The van der Waals surface area contributed by atoms with Crippen LogP contribution >= 0.6 is 12.6 Å². The van der Waals surface area contributed by atoms with Crippen LogP contribution in [0.5, 0.6) is 0 Å². The van der Waals surface area contributed by atoms with Crippen molar-refractivity contribution in [3.63, 3.8) is 0 Å². The Labute approximate surface area is 75.0 Å². The normalized spacial score (nSPS) is 49.2. The van der Waals surface area contributed by atoms with Crippen LogP contribution in [-0.4, -0.2) is 56.9 Å². The third-order valence-corrected chi connectivity index (χ3v) is 2.23. The molecule has 0 aromatic rings. The summed E-state index contributed by atoms with van der Waals surface area (Å²) in [4.78, 5) is 0.